The molecule has 2 rings (SSSR count). The van der Waals surface area contributed by atoms with Crippen molar-refractivity contribution in [1.29, 1.82) is 0 Å². The predicted molar refractivity (Wildman–Crippen MR) is 64.7 cm³/mol. The zero-order valence-electron chi connectivity index (χ0n) is 10.8. The van der Waals surface area contributed by atoms with E-state index in [1.807, 2.05) is 0 Å². The van der Waals surface area contributed by atoms with Gasteiger partial charge in [-0.25, -0.2) is 0 Å². The molecule has 0 radical (unpaired) electrons. The Balaban J connectivity index is 0.00000180. The van der Waals surface area contributed by atoms with Gasteiger partial charge in [-0.2, -0.15) is 16.8 Å². The van der Waals surface area contributed by atoms with Gasteiger partial charge in [0.2, 0.25) is 0 Å². The fourth-order valence-corrected chi connectivity index (χ4v) is 3.12. The van der Waals surface area contributed by atoms with Gasteiger partial charge >= 0.3 is 18.9 Å². The molecular formula is C10H9LiO6S2. The van der Waals surface area contributed by atoms with Gasteiger partial charge in [-0.3, -0.25) is 9.11 Å². The molecule has 0 fully saturated rings. The van der Waals surface area contributed by atoms with Gasteiger partial charge in [0.25, 0.3) is 20.2 Å². The molecule has 0 amide bonds. The quantitative estimate of drug-likeness (QED) is 0.513. The Morgan fingerprint density at radius 1 is 0.737 bits per heavy atom. The first-order valence-electron chi connectivity index (χ1n) is 4.68. The van der Waals surface area contributed by atoms with Gasteiger partial charge in [0.1, 0.15) is 9.79 Å². The normalized spacial score (nSPS) is 12.1. The van der Waals surface area contributed by atoms with E-state index >= 15 is 0 Å². The fraction of sp³-hybridized carbons (Fsp3) is 0. The maximum atomic E-state index is 11.2. The second-order valence-electron chi connectivity index (χ2n) is 3.56. The van der Waals surface area contributed by atoms with E-state index in [0.717, 1.165) is 12.1 Å². The monoisotopic (exact) mass is 296 g/mol. The van der Waals surface area contributed by atoms with Crippen LogP contribution in [-0.2, 0) is 20.2 Å². The van der Waals surface area contributed by atoms with Crippen LogP contribution in [0, 0.1) is 0 Å². The van der Waals surface area contributed by atoms with Crippen molar-refractivity contribution in [3.63, 3.8) is 0 Å². The average molecular weight is 296 g/mol. The molecule has 0 aromatic heterocycles. The first kappa shape index (κ1) is 16.2. The standard InChI is InChI=1S/C10H8O6S2.Li.H/c11-17(12,13)9-5-1-3-7-8(9)4-2-6-10(7)18(14,15)16;;/h1-6H,(H,11,12,13)(H,14,15,16);;/q;+1;-1. The first-order chi connectivity index (χ1) is 8.21. The molecule has 0 heterocycles. The van der Waals surface area contributed by atoms with Crippen molar-refractivity contribution < 1.29 is 46.2 Å². The third-order valence-corrected chi connectivity index (χ3v) is 4.22. The summed E-state index contributed by atoms with van der Waals surface area (Å²) in [6.45, 7) is 0. The molecule has 2 N–H and O–H groups in total. The van der Waals surface area contributed by atoms with Crippen molar-refractivity contribution in [3.05, 3.63) is 36.4 Å². The second kappa shape index (κ2) is 5.24. The fourth-order valence-electron chi connectivity index (χ4n) is 1.70. The van der Waals surface area contributed by atoms with Crippen molar-refractivity contribution in [3.8, 4) is 0 Å². The summed E-state index contributed by atoms with van der Waals surface area (Å²) in [5.74, 6) is 0. The Morgan fingerprint density at radius 3 is 1.32 bits per heavy atom. The van der Waals surface area contributed by atoms with Gasteiger partial charge < -0.3 is 1.43 Å². The van der Waals surface area contributed by atoms with E-state index in [0.29, 0.717) is 0 Å². The molecule has 0 saturated heterocycles. The van der Waals surface area contributed by atoms with E-state index in [-0.39, 0.29) is 31.1 Å². The van der Waals surface area contributed by atoms with Gasteiger partial charge in [-0.15, -0.1) is 0 Å². The molecule has 0 atom stereocenters. The summed E-state index contributed by atoms with van der Waals surface area (Å²) < 4.78 is 62.7. The van der Waals surface area contributed by atoms with Crippen LogP contribution in [0.3, 0.4) is 0 Å². The molecule has 98 valence electrons. The van der Waals surface area contributed by atoms with Crippen LogP contribution in [0.1, 0.15) is 1.43 Å². The summed E-state index contributed by atoms with van der Waals surface area (Å²) in [5.41, 5.74) is 0. The predicted octanol–water partition coefficient (Wildman–Crippen LogP) is -1.55. The zero-order chi connectivity index (χ0) is 13.6. The molecule has 0 unspecified atom stereocenters. The Labute approximate surface area is 123 Å². The maximum absolute atomic E-state index is 11.2. The van der Waals surface area contributed by atoms with Crippen LogP contribution in [0.5, 0.6) is 0 Å². The van der Waals surface area contributed by atoms with Crippen molar-refractivity contribution in [2.45, 2.75) is 9.79 Å². The van der Waals surface area contributed by atoms with Crippen molar-refractivity contribution >= 4 is 31.0 Å². The molecule has 0 spiro atoms. The minimum Gasteiger partial charge on any atom is -1.00 e. The van der Waals surface area contributed by atoms with E-state index in [1.165, 1.54) is 24.3 Å². The third kappa shape index (κ3) is 3.17. The van der Waals surface area contributed by atoms with Gasteiger partial charge in [0.15, 0.2) is 0 Å². The van der Waals surface area contributed by atoms with E-state index in [4.69, 9.17) is 9.11 Å². The number of rotatable bonds is 2. The summed E-state index contributed by atoms with van der Waals surface area (Å²) in [5, 5.41) is 0.0465. The molecule has 0 aliphatic heterocycles. The summed E-state index contributed by atoms with van der Waals surface area (Å²) in [6, 6.07) is 7.53. The summed E-state index contributed by atoms with van der Waals surface area (Å²) in [7, 11) is -8.94. The summed E-state index contributed by atoms with van der Waals surface area (Å²) >= 11 is 0. The SMILES string of the molecule is O=S(=O)(O)c1cccc2c(S(=O)(=O)O)cccc12.[H-].[Li+]. The summed E-state index contributed by atoms with van der Waals surface area (Å²) in [6.07, 6.45) is 0. The topological polar surface area (TPSA) is 109 Å². The Hall–Kier alpha value is -0.883. The minimum absolute atomic E-state index is 0. The number of benzene rings is 2. The Morgan fingerprint density at radius 2 is 1.05 bits per heavy atom. The molecule has 0 bridgehead atoms. The molecule has 0 saturated carbocycles. The van der Waals surface area contributed by atoms with Crippen LogP contribution in [0.2, 0.25) is 0 Å². The van der Waals surface area contributed by atoms with E-state index in [2.05, 4.69) is 0 Å². The first-order valence-corrected chi connectivity index (χ1v) is 7.56. The molecule has 19 heavy (non-hydrogen) atoms. The maximum Gasteiger partial charge on any atom is 1.00 e. The smallest absolute Gasteiger partial charge is 1.00 e. The molecule has 2 aromatic rings. The van der Waals surface area contributed by atoms with E-state index in [9.17, 15) is 16.8 Å². The van der Waals surface area contributed by atoms with Crippen LogP contribution < -0.4 is 18.9 Å². The van der Waals surface area contributed by atoms with Crippen LogP contribution in [0.25, 0.3) is 10.8 Å². The number of fused-ring (bicyclic) bond motifs is 1. The Bertz CT molecular complexity index is 761. The van der Waals surface area contributed by atoms with Crippen molar-refractivity contribution in [2.24, 2.45) is 0 Å². The van der Waals surface area contributed by atoms with Gasteiger partial charge in [0, 0.05) is 10.8 Å². The molecule has 2 aromatic carbocycles. The molecular weight excluding hydrogens is 287 g/mol. The summed E-state index contributed by atoms with van der Waals surface area (Å²) in [4.78, 5) is -0.823. The van der Waals surface area contributed by atoms with Gasteiger partial charge in [-0.05, 0) is 12.1 Å². The van der Waals surface area contributed by atoms with Crippen LogP contribution in [0.4, 0.5) is 0 Å². The van der Waals surface area contributed by atoms with Gasteiger partial charge in [0.05, 0.1) is 0 Å². The number of hydrogen-bond acceptors (Lipinski definition) is 4. The van der Waals surface area contributed by atoms with Gasteiger partial charge in [-0.1, -0.05) is 24.3 Å². The van der Waals surface area contributed by atoms with Crippen molar-refractivity contribution in [2.75, 3.05) is 0 Å². The third-order valence-electron chi connectivity index (χ3n) is 2.40. The van der Waals surface area contributed by atoms with Crippen molar-refractivity contribution in [1.82, 2.24) is 0 Å². The molecule has 9 heteroatoms. The van der Waals surface area contributed by atoms with Crippen LogP contribution in [-0.4, -0.2) is 25.9 Å². The largest absolute Gasteiger partial charge is 1.00 e. The minimum atomic E-state index is -4.47. The van der Waals surface area contributed by atoms with Crippen LogP contribution in [0.15, 0.2) is 46.2 Å². The van der Waals surface area contributed by atoms with E-state index in [1.54, 1.807) is 0 Å². The van der Waals surface area contributed by atoms with Crippen LogP contribution >= 0.6 is 0 Å². The second-order valence-corrected chi connectivity index (χ2v) is 6.34. The van der Waals surface area contributed by atoms with E-state index < -0.39 is 30.0 Å². The average Bonchev–Trinajstić information content (AvgIpc) is 2.24. The molecule has 0 aliphatic rings. The number of hydrogen-bond donors (Lipinski definition) is 2. The zero-order valence-corrected chi connectivity index (χ0v) is 11.4. The Kier molecular flexibility index (Phi) is 4.46. The molecule has 6 nitrogen and oxygen atoms in total. The molecule has 0 aliphatic carbocycles.